The molecule has 29 heavy (non-hydrogen) atoms. The molecule has 1 aromatic carbocycles. The summed E-state index contributed by atoms with van der Waals surface area (Å²) in [5, 5.41) is 23.1. The third-order valence-corrected chi connectivity index (χ3v) is 6.02. The van der Waals surface area contributed by atoms with Crippen LogP contribution in [0.4, 0.5) is 10.8 Å². The van der Waals surface area contributed by atoms with Gasteiger partial charge in [-0.2, -0.15) is 0 Å². The molecule has 0 bridgehead atoms. The van der Waals surface area contributed by atoms with Gasteiger partial charge in [-0.25, -0.2) is 0 Å². The molecule has 2 aromatic rings. The van der Waals surface area contributed by atoms with Gasteiger partial charge in [0.25, 0.3) is 11.6 Å². The summed E-state index contributed by atoms with van der Waals surface area (Å²) in [4.78, 5) is 37.7. The number of amides is 2. The van der Waals surface area contributed by atoms with Crippen LogP contribution in [-0.2, 0) is 10.2 Å². The molecule has 1 unspecified atom stereocenters. The van der Waals surface area contributed by atoms with Crippen LogP contribution in [0.3, 0.4) is 0 Å². The lowest BCUT2D eigenvalue weighted by molar-refractivity contribution is -0.385. The lowest BCUT2D eigenvalue weighted by Crippen LogP contribution is -2.43. The van der Waals surface area contributed by atoms with Crippen molar-refractivity contribution in [2.24, 2.45) is 0 Å². The van der Waals surface area contributed by atoms with Crippen molar-refractivity contribution >= 4 is 34.0 Å². The Hall–Kier alpha value is -2.88. The number of aryl methyl sites for hydroxylation is 1. The Labute approximate surface area is 172 Å². The lowest BCUT2D eigenvalue weighted by Gasteiger charge is -2.23. The van der Waals surface area contributed by atoms with Gasteiger partial charge in [0.2, 0.25) is 11.0 Å². The second-order valence-corrected chi connectivity index (χ2v) is 9.04. The third kappa shape index (κ3) is 4.42. The molecule has 0 radical (unpaired) electrons. The van der Waals surface area contributed by atoms with E-state index in [4.69, 9.17) is 0 Å². The predicted octanol–water partition coefficient (Wildman–Crippen LogP) is 3.30. The van der Waals surface area contributed by atoms with Crippen LogP contribution in [0.25, 0.3) is 0 Å². The fourth-order valence-electron chi connectivity index (χ4n) is 3.21. The molecule has 0 saturated carbocycles. The van der Waals surface area contributed by atoms with E-state index in [1.807, 2.05) is 20.8 Å². The zero-order valence-corrected chi connectivity index (χ0v) is 17.6. The number of nitro groups is 1. The van der Waals surface area contributed by atoms with E-state index in [-0.39, 0.29) is 22.9 Å². The maximum atomic E-state index is 12.9. The molecule has 1 aliphatic heterocycles. The van der Waals surface area contributed by atoms with Crippen molar-refractivity contribution in [3.8, 4) is 0 Å². The Kier molecular flexibility index (Phi) is 5.65. The summed E-state index contributed by atoms with van der Waals surface area (Å²) in [6, 6.07) is 3.64. The van der Waals surface area contributed by atoms with E-state index in [9.17, 15) is 19.7 Å². The number of aromatic nitrogens is 2. The monoisotopic (exact) mass is 417 g/mol. The third-order valence-electron chi connectivity index (χ3n) is 4.75. The van der Waals surface area contributed by atoms with Gasteiger partial charge in [-0.3, -0.25) is 25.0 Å². The molecule has 10 heteroatoms. The second-order valence-electron chi connectivity index (χ2n) is 8.07. The Morgan fingerprint density at radius 1 is 1.31 bits per heavy atom. The molecule has 2 heterocycles. The molecular formula is C19H23N5O4S. The van der Waals surface area contributed by atoms with Crippen LogP contribution in [0.15, 0.2) is 18.2 Å². The lowest BCUT2D eigenvalue weighted by atomic mass is 9.98. The van der Waals surface area contributed by atoms with E-state index >= 15 is 0 Å². The van der Waals surface area contributed by atoms with Gasteiger partial charge in [0.15, 0.2) is 0 Å². The van der Waals surface area contributed by atoms with Crippen LogP contribution >= 0.6 is 11.3 Å². The number of carbonyl (C=O) groups is 2. The summed E-state index contributed by atoms with van der Waals surface area (Å²) in [5.41, 5.74) is 0.538. The summed E-state index contributed by atoms with van der Waals surface area (Å²) in [5.74, 6) is -0.612. The van der Waals surface area contributed by atoms with Gasteiger partial charge in [0.1, 0.15) is 11.0 Å². The minimum Gasteiger partial charge on any atom is -0.327 e. The molecule has 2 amide bonds. The first-order valence-electron chi connectivity index (χ1n) is 9.29. The number of nitro benzene ring substituents is 1. The average molecular weight is 417 g/mol. The highest BCUT2D eigenvalue weighted by molar-refractivity contribution is 7.15. The predicted molar refractivity (Wildman–Crippen MR) is 109 cm³/mol. The number of carbonyl (C=O) groups excluding carboxylic acids is 2. The summed E-state index contributed by atoms with van der Waals surface area (Å²) in [6.45, 7) is 8.09. The highest BCUT2D eigenvalue weighted by Gasteiger charge is 2.35. The molecule has 0 aliphatic carbocycles. The summed E-state index contributed by atoms with van der Waals surface area (Å²) < 4.78 is 0. The highest BCUT2D eigenvalue weighted by atomic mass is 32.1. The van der Waals surface area contributed by atoms with Crippen LogP contribution in [0, 0.1) is 17.0 Å². The minimum absolute atomic E-state index is 0.0387. The first-order chi connectivity index (χ1) is 13.6. The van der Waals surface area contributed by atoms with Crippen molar-refractivity contribution in [2.75, 3.05) is 11.9 Å². The first-order valence-corrected chi connectivity index (χ1v) is 10.1. The van der Waals surface area contributed by atoms with Crippen molar-refractivity contribution in [3.05, 3.63) is 44.4 Å². The van der Waals surface area contributed by atoms with Gasteiger partial charge in [0.05, 0.1) is 4.92 Å². The van der Waals surface area contributed by atoms with E-state index in [2.05, 4.69) is 15.5 Å². The van der Waals surface area contributed by atoms with Crippen molar-refractivity contribution in [2.45, 2.75) is 52.0 Å². The molecule has 1 N–H and O–H groups in total. The molecular weight excluding hydrogens is 394 g/mol. The van der Waals surface area contributed by atoms with Crippen LogP contribution in [0.2, 0.25) is 0 Å². The molecule has 1 fully saturated rings. The van der Waals surface area contributed by atoms with Gasteiger partial charge in [-0.15, -0.1) is 10.2 Å². The Bertz CT molecular complexity index is 966. The van der Waals surface area contributed by atoms with Crippen molar-refractivity contribution < 1.29 is 14.5 Å². The molecule has 9 nitrogen and oxygen atoms in total. The fourth-order valence-corrected chi connectivity index (χ4v) is 4.01. The number of nitrogens with one attached hydrogen (secondary N) is 1. The Morgan fingerprint density at radius 2 is 2.03 bits per heavy atom. The zero-order chi connectivity index (χ0) is 21.3. The van der Waals surface area contributed by atoms with Gasteiger partial charge < -0.3 is 4.90 Å². The normalized spacial score (nSPS) is 16.7. The molecule has 1 atom stereocenters. The van der Waals surface area contributed by atoms with Crippen molar-refractivity contribution in [1.29, 1.82) is 0 Å². The van der Waals surface area contributed by atoms with Gasteiger partial charge >= 0.3 is 0 Å². The van der Waals surface area contributed by atoms with Crippen LogP contribution < -0.4 is 5.32 Å². The first kappa shape index (κ1) is 20.8. The van der Waals surface area contributed by atoms with E-state index in [1.165, 1.54) is 34.4 Å². The Morgan fingerprint density at radius 3 is 2.62 bits per heavy atom. The van der Waals surface area contributed by atoms with E-state index in [0.29, 0.717) is 35.6 Å². The molecule has 1 aromatic heterocycles. The maximum absolute atomic E-state index is 12.9. The van der Waals surface area contributed by atoms with Gasteiger partial charge in [-0.1, -0.05) is 32.1 Å². The number of anilines is 1. The number of hydrogen-bond donors (Lipinski definition) is 1. The molecule has 154 valence electrons. The number of benzene rings is 1. The van der Waals surface area contributed by atoms with Crippen molar-refractivity contribution in [1.82, 2.24) is 15.1 Å². The summed E-state index contributed by atoms with van der Waals surface area (Å²) in [7, 11) is 0. The SMILES string of the molecule is Cc1cc(C(=O)N2CCCC2C(=O)Nc2nnc(C(C)(C)C)s2)ccc1[N+](=O)[O-]. The average Bonchev–Trinajstić information content (AvgIpc) is 3.29. The second kappa shape index (κ2) is 7.86. The molecule has 1 aliphatic rings. The molecule has 1 saturated heterocycles. The zero-order valence-electron chi connectivity index (χ0n) is 16.8. The van der Waals surface area contributed by atoms with Gasteiger partial charge in [-0.05, 0) is 31.9 Å². The smallest absolute Gasteiger partial charge is 0.272 e. The van der Waals surface area contributed by atoms with E-state index in [1.54, 1.807) is 6.92 Å². The van der Waals surface area contributed by atoms with Crippen LogP contribution in [0.5, 0.6) is 0 Å². The fraction of sp³-hybridized carbons (Fsp3) is 0.474. The number of nitrogens with zero attached hydrogens (tertiary/aromatic N) is 4. The minimum atomic E-state index is -0.611. The standard InChI is InChI=1S/C19H23N5O4S/c1-11-10-12(7-8-13(11)24(27)28)16(26)23-9-5-6-14(23)15(25)20-18-22-21-17(29-18)19(2,3)4/h7-8,10,14H,5-6,9H2,1-4H3,(H,20,22,25). The molecule has 0 spiro atoms. The highest BCUT2D eigenvalue weighted by Crippen LogP contribution is 2.29. The van der Waals surface area contributed by atoms with Gasteiger partial charge in [0, 0.05) is 29.2 Å². The summed E-state index contributed by atoms with van der Waals surface area (Å²) >= 11 is 1.32. The molecule has 3 rings (SSSR count). The van der Waals surface area contributed by atoms with Crippen molar-refractivity contribution in [3.63, 3.8) is 0 Å². The number of rotatable bonds is 4. The Balaban J connectivity index is 1.74. The number of likely N-dealkylation sites (tertiary alicyclic amines) is 1. The number of hydrogen-bond acceptors (Lipinski definition) is 7. The largest absolute Gasteiger partial charge is 0.327 e. The summed E-state index contributed by atoms with van der Waals surface area (Å²) in [6.07, 6.45) is 1.26. The topological polar surface area (TPSA) is 118 Å². The van der Waals surface area contributed by atoms with E-state index in [0.717, 1.165) is 5.01 Å². The van der Waals surface area contributed by atoms with E-state index < -0.39 is 11.0 Å². The maximum Gasteiger partial charge on any atom is 0.272 e. The van der Waals surface area contributed by atoms with Crippen LogP contribution in [-0.4, -0.2) is 44.4 Å². The quantitative estimate of drug-likeness (QED) is 0.602. The van der Waals surface area contributed by atoms with Crippen LogP contribution in [0.1, 0.15) is 54.5 Å².